The van der Waals surface area contributed by atoms with E-state index in [4.69, 9.17) is 10.5 Å². The predicted octanol–water partition coefficient (Wildman–Crippen LogP) is 0.927. The molecule has 2 N–H and O–H groups in total. The van der Waals surface area contributed by atoms with Crippen molar-refractivity contribution in [2.24, 2.45) is 5.73 Å². The maximum absolute atomic E-state index is 5.64. The van der Waals surface area contributed by atoms with Gasteiger partial charge in [0.05, 0.1) is 13.3 Å². The van der Waals surface area contributed by atoms with Gasteiger partial charge in [0.25, 0.3) is 0 Å². The largest absolute Gasteiger partial charge is 0.480 e. The number of ether oxygens (including phenoxy) is 1. The third kappa shape index (κ3) is 2.32. The molecule has 0 saturated carbocycles. The average Bonchev–Trinajstić information content (AvgIpc) is 2.04. The summed E-state index contributed by atoms with van der Waals surface area (Å²) < 4.78 is 4.95. The molecule has 1 aromatic rings. The van der Waals surface area contributed by atoms with E-state index < -0.39 is 0 Å². The van der Waals surface area contributed by atoms with Gasteiger partial charge in [0.2, 0.25) is 5.88 Å². The number of aromatic nitrogens is 2. The van der Waals surface area contributed by atoms with Gasteiger partial charge in [0, 0.05) is 11.6 Å². The molecule has 1 rings (SSSR count). The molecule has 1 aromatic heterocycles. The predicted molar refractivity (Wildman–Crippen MR) is 48.4 cm³/mol. The lowest BCUT2D eigenvalue weighted by Gasteiger charge is -2.07. The summed E-state index contributed by atoms with van der Waals surface area (Å²) in [5.74, 6) is 0.502. The van der Waals surface area contributed by atoms with Crippen LogP contribution in [0.1, 0.15) is 18.5 Å². The molecule has 0 amide bonds. The fraction of sp³-hybridized carbons (Fsp3) is 0.429. The van der Waals surface area contributed by atoms with Crippen molar-refractivity contribution in [3.8, 4) is 5.88 Å². The minimum Gasteiger partial charge on any atom is -0.480 e. The van der Waals surface area contributed by atoms with Gasteiger partial charge in [-0.15, -0.1) is 17.5 Å². The van der Waals surface area contributed by atoms with Crippen molar-refractivity contribution in [2.75, 3.05) is 7.11 Å². The van der Waals surface area contributed by atoms with E-state index in [1.54, 1.807) is 19.4 Å². The first kappa shape index (κ1) is 11.1. The highest BCUT2D eigenvalue weighted by Crippen LogP contribution is 2.18. The molecule has 5 heteroatoms. The lowest BCUT2D eigenvalue weighted by Crippen LogP contribution is -2.08. The van der Waals surface area contributed by atoms with Crippen molar-refractivity contribution in [2.45, 2.75) is 13.0 Å². The molecule has 0 spiro atoms. The highest BCUT2D eigenvalue weighted by atomic mass is 35.5. The summed E-state index contributed by atoms with van der Waals surface area (Å²) in [5, 5.41) is 7.43. The molecule has 0 radical (unpaired) electrons. The maximum atomic E-state index is 5.64. The second-order valence-electron chi connectivity index (χ2n) is 2.28. The van der Waals surface area contributed by atoms with Crippen LogP contribution in [-0.4, -0.2) is 17.3 Å². The number of nitrogens with zero attached hydrogens (tertiary/aromatic N) is 2. The first-order chi connectivity index (χ1) is 5.25. The molecule has 0 aliphatic heterocycles. The molecule has 1 heterocycles. The molecule has 0 fully saturated rings. The third-order valence-electron chi connectivity index (χ3n) is 1.40. The van der Waals surface area contributed by atoms with Crippen LogP contribution in [0.3, 0.4) is 0 Å². The summed E-state index contributed by atoms with van der Waals surface area (Å²) in [4.78, 5) is 0. The topological polar surface area (TPSA) is 61.0 Å². The second-order valence-corrected chi connectivity index (χ2v) is 2.28. The molecular weight excluding hydrogens is 178 g/mol. The molecule has 1 atom stereocenters. The Bertz CT molecular complexity index is 242. The molecule has 0 bridgehead atoms. The molecule has 12 heavy (non-hydrogen) atoms. The highest BCUT2D eigenvalue weighted by Gasteiger charge is 2.06. The molecule has 0 saturated heterocycles. The Morgan fingerprint density at radius 3 is 2.67 bits per heavy atom. The van der Waals surface area contributed by atoms with E-state index in [9.17, 15) is 0 Å². The van der Waals surface area contributed by atoms with Gasteiger partial charge in [0.15, 0.2) is 0 Å². The summed E-state index contributed by atoms with van der Waals surface area (Å²) in [5.41, 5.74) is 6.52. The van der Waals surface area contributed by atoms with E-state index in [0.29, 0.717) is 5.88 Å². The number of hydrogen-bond acceptors (Lipinski definition) is 4. The minimum atomic E-state index is -0.0690. The summed E-state index contributed by atoms with van der Waals surface area (Å²) in [7, 11) is 1.55. The van der Waals surface area contributed by atoms with Gasteiger partial charge < -0.3 is 10.5 Å². The van der Waals surface area contributed by atoms with Gasteiger partial charge in [0.1, 0.15) is 0 Å². The van der Waals surface area contributed by atoms with Crippen LogP contribution in [0.4, 0.5) is 0 Å². The Labute approximate surface area is 77.5 Å². The summed E-state index contributed by atoms with van der Waals surface area (Å²) in [6, 6.07) is 1.73. The Morgan fingerprint density at radius 1 is 1.58 bits per heavy atom. The SMILES string of the molecule is COc1nnccc1C(C)N.Cl. The molecular formula is C7H12ClN3O. The van der Waals surface area contributed by atoms with Crippen molar-refractivity contribution < 1.29 is 4.74 Å². The van der Waals surface area contributed by atoms with E-state index in [1.807, 2.05) is 6.92 Å². The summed E-state index contributed by atoms with van der Waals surface area (Å²) in [6.07, 6.45) is 1.60. The number of halogens is 1. The average molecular weight is 190 g/mol. The summed E-state index contributed by atoms with van der Waals surface area (Å²) in [6.45, 7) is 1.87. The lowest BCUT2D eigenvalue weighted by molar-refractivity contribution is 0.383. The van der Waals surface area contributed by atoms with Gasteiger partial charge in [-0.1, -0.05) is 0 Å². The molecule has 0 aliphatic rings. The van der Waals surface area contributed by atoms with Gasteiger partial charge in [-0.2, -0.15) is 5.10 Å². The smallest absolute Gasteiger partial charge is 0.237 e. The van der Waals surface area contributed by atoms with Crippen LogP contribution >= 0.6 is 12.4 Å². The normalized spacial score (nSPS) is 11.6. The lowest BCUT2D eigenvalue weighted by atomic mass is 10.2. The van der Waals surface area contributed by atoms with Gasteiger partial charge in [-0.3, -0.25) is 0 Å². The zero-order chi connectivity index (χ0) is 8.27. The van der Waals surface area contributed by atoms with Crippen molar-refractivity contribution >= 4 is 12.4 Å². The highest BCUT2D eigenvalue weighted by molar-refractivity contribution is 5.85. The third-order valence-corrected chi connectivity index (χ3v) is 1.40. The first-order valence-electron chi connectivity index (χ1n) is 3.37. The first-order valence-corrected chi connectivity index (χ1v) is 3.37. The zero-order valence-corrected chi connectivity index (χ0v) is 7.84. The Hall–Kier alpha value is -0.870. The van der Waals surface area contributed by atoms with Crippen LogP contribution in [0, 0.1) is 0 Å². The number of rotatable bonds is 2. The Balaban J connectivity index is 0.00000121. The number of hydrogen-bond donors (Lipinski definition) is 1. The fourth-order valence-corrected chi connectivity index (χ4v) is 0.834. The fourth-order valence-electron chi connectivity index (χ4n) is 0.834. The number of nitrogens with two attached hydrogens (primary N) is 1. The van der Waals surface area contributed by atoms with Crippen LogP contribution in [0.25, 0.3) is 0 Å². The van der Waals surface area contributed by atoms with Gasteiger partial charge >= 0.3 is 0 Å². The van der Waals surface area contributed by atoms with Crippen LogP contribution < -0.4 is 10.5 Å². The maximum Gasteiger partial charge on any atom is 0.237 e. The van der Waals surface area contributed by atoms with Crippen molar-refractivity contribution in [1.29, 1.82) is 0 Å². The Kier molecular flexibility index (Phi) is 4.54. The summed E-state index contributed by atoms with van der Waals surface area (Å²) >= 11 is 0. The van der Waals surface area contributed by atoms with E-state index >= 15 is 0 Å². The molecule has 4 nitrogen and oxygen atoms in total. The second kappa shape index (κ2) is 4.90. The van der Waals surface area contributed by atoms with Gasteiger partial charge in [-0.05, 0) is 13.0 Å². The van der Waals surface area contributed by atoms with E-state index in [0.717, 1.165) is 5.56 Å². The standard InChI is InChI=1S/C7H11N3O.ClH/c1-5(8)6-3-4-9-10-7(6)11-2;/h3-5H,8H2,1-2H3;1H. The van der Waals surface area contributed by atoms with Crippen LogP contribution in [0.2, 0.25) is 0 Å². The Morgan fingerprint density at radius 2 is 2.25 bits per heavy atom. The quantitative estimate of drug-likeness (QED) is 0.752. The van der Waals surface area contributed by atoms with Crippen molar-refractivity contribution in [3.05, 3.63) is 17.8 Å². The van der Waals surface area contributed by atoms with Crippen LogP contribution in [-0.2, 0) is 0 Å². The van der Waals surface area contributed by atoms with E-state index in [2.05, 4.69) is 10.2 Å². The molecule has 0 aliphatic carbocycles. The van der Waals surface area contributed by atoms with Crippen molar-refractivity contribution in [3.63, 3.8) is 0 Å². The zero-order valence-electron chi connectivity index (χ0n) is 7.02. The van der Waals surface area contributed by atoms with E-state index in [1.165, 1.54) is 0 Å². The minimum absolute atomic E-state index is 0. The van der Waals surface area contributed by atoms with Crippen molar-refractivity contribution in [1.82, 2.24) is 10.2 Å². The van der Waals surface area contributed by atoms with E-state index in [-0.39, 0.29) is 18.4 Å². The van der Waals surface area contributed by atoms with Gasteiger partial charge in [-0.25, -0.2) is 0 Å². The number of methoxy groups -OCH3 is 1. The molecule has 0 aromatic carbocycles. The molecule has 1 unspecified atom stereocenters. The van der Waals surface area contributed by atoms with Crippen LogP contribution in [0.15, 0.2) is 12.3 Å². The monoisotopic (exact) mass is 189 g/mol. The molecule has 68 valence electrons. The van der Waals surface area contributed by atoms with Crippen LogP contribution in [0.5, 0.6) is 5.88 Å².